The Kier molecular flexibility index (Phi) is 6.11. The van der Waals surface area contributed by atoms with Crippen molar-refractivity contribution >= 4 is 16.0 Å². The SMILES string of the molecule is COC(=O)CNS(=O)(=O)c1cncc(C#CCCO)c1. The van der Waals surface area contributed by atoms with Gasteiger partial charge in [0.1, 0.15) is 11.4 Å². The number of nitrogens with one attached hydrogen (secondary N) is 1. The van der Waals surface area contributed by atoms with Crippen molar-refractivity contribution in [3.63, 3.8) is 0 Å². The first-order valence-corrected chi connectivity index (χ1v) is 7.09. The van der Waals surface area contributed by atoms with E-state index in [2.05, 4.69) is 26.3 Å². The van der Waals surface area contributed by atoms with Gasteiger partial charge in [-0.1, -0.05) is 11.8 Å². The number of ether oxygens (including phenoxy) is 1. The fourth-order valence-electron chi connectivity index (χ4n) is 1.16. The number of rotatable bonds is 5. The van der Waals surface area contributed by atoms with E-state index >= 15 is 0 Å². The van der Waals surface area contributed by atoms with Crippen molar-refractivity contribution < 1.29 is 23.1 Å². The molecule has 0 amide bonds. The van der Waals surface area contributed by atoms with Crippen molar-refractivity contribution in [3.8, 4) is 11.8 Å². The highest BCUT2D eigenvalue weighted by molar-refractivity contribution is 7.89. The van der Waals surface area contributed by atoms with E-state index in [1.807, 2.05) is 0 Å². The van der Waals surface area contributed by atoms with Crippen LogP contribution in [-0.2, 0) is 19.6 Å². The highest BCUT2D eigenvalue weighted by Crippen LogP contribution is 2.08. The number of esters is 1. The molecule has 20 heavy (non-hydrogen) atoms. The average molecular weight is 298 g/mol. The maximum atomic E-state index is 11.9. The van der Waals surface area contributed by atoms with Crippen LogP contribution in [0, 0.1) is 11.8 Å². The fraction of sp³-hybridized carbons (Fsp3) is 0.333. The molecule has 7 nitrogen and oxygen atoms in total. The zero-order chi connectivity index (χ0) is 15.0. The number of carbonyl (C=O) groups is 1. The van der Waals surface area contributed by atoms with Gasteiger partial charge in [0.25, 0.3) is 0 Å². The summed E-state index contributed by atoms with van der Waals surface area (Å²) in [5.41, 5.74) is 0.402. The number of hydrogen-bond acceptors (Lipinski definition) is 6. The lowest BCUT2D eigenvalue weighted by Gasteiger charge is -2.05. The molecule has 1 heterocycles. The van der Waals surface area contributed by atoms with Gasteiger partial charge >= 0.3 is 5.97 Å². The number of aliphatic hydroxyl groups is 1. The number of sulfonamides is 1. The molecule has 0 aromatic carbocycles. The number of carbonyl (C=O) groups excluding carboxylic acids is 1. The highest BCUT2D eigenvalue weighted by atomic mass is 32.2. The Morgan fingerprint density at radius 1 is 1.50 bits per heavy atom. The first-order chi connectivity index (χ1) is 9.49. The third kappa shape index (κ3) is 4.97. The third-order valence-corrected chi connectivity index (χ3v) is 3.50. The Morgan fingerprint density at radius 2 is 2.25 bits per heavy atom. The molecule has 1 aromatic heterocycles. The van der Waals surface area contributed by atoms with E-state index < -0.39 is 22.5 Å². The summed E-state index contributed by atoms with van der Waals surface area (Å²) in [7, 11) is -2.69. The molecular formula is C12H14N2O5S. The molecule has 2 N–H and O–H groups in total. The highest BCUT2D eigenvalue weighted by Gasteiger charge is 2.16. The van der Waals surface area contributed by atoms with E-state index in [1.165, 1.54) is 12.3 Å². The van der Waals surface area contributed by atoms with E-state index in [-0.39, 0.29) is 17.9 Å². The van der Waals surface area contributed by atoms with Crippen LogP contribution in [0.15, 0.2) is 23.4 Å². The van der Waals surface area contributed by atoms with E-state index in [1.54, 1.807) is 0 Å². The Labute approximate surface area is 117 Å². The summed E-state index contributed by atoms with van der Waals surface area (Å²) in [6.45, 7) is -0.529. The van der Waals surface area contributed by atoms with Crippen LogP contribution >= 0.6 is 0 Å². The summed E-state index contributed by atoms with van der Waals surface area (Å²) in [6.07, 6.45) is 2.85. The zero-order valence-electron chi connectivity index (χ0n) is 10.8. The van der Waals surface area contributed by atoms with Gasteiger partial charge in [-0.15, -0.1) is 0 Å². The minimum atomic E-state index is -3.85. The summed E-state index contributed by atoms with van der Waals surface area (Å²) in [4.78, 5) is 14.6. The van der Waals surface area contributed by atoms with Crippen molar-refractivity contribution in [1.29, 1.82) is 0 Å². The number of aromatic nitrogens is 1. The first kappa shape index (κ1) is 16.1. The summed E-state index contributed by atoms with van der Waals surface area (Å²) < 4.78 is 30.2. The second-order valence-electron chi connectivity index (χ2n) is 3.59. The first-order valence-electron chi connectivity index (χ1n) is 5.61. The molecule has 1 rings (SSSR count). The third-order valence-electron chi connectivity index (χ3n) is 2.13. The van der Waals surface area contributed by atoms with Gasteiger partial charge < -0.3 is 9.84 Å². The molecule has 0 atom stereocenters. The van der Waals surface area contributed by atoms with Crippen LogP contribution in [0.1, 0.15) is 12.0 Å². The quantitative estimate of drug-likeness (QED) is 0.548. The van der Waals surface area contributed by atoms with Crippen LogP contribution in [0.25, 0.3) is 0 Å². The molecule has 0 fully saturated rings. The van der Waals surface area contributed by atoms with Crippen LogP contribution in [-0.4, -0.2) is 44.7 Å². The fourth-order valence-corrected chi connectivity index (χ4v) is 2.12. The van der Waals surface area contributed by atoms with Gasteiger partial charge in [0.2, 0.25) is 10.0 Å². The van der Waals surface area contributed by atoms with E-state index in [0.717, 1.165) is 13.3 Å². The number of nitrogens with zero attached hydrogens (tertiary/aromatic N) is 1. The predicted molar refractivity (Wildman–Crippen MR) is 70.0 cm³/mol. The van der Waals surface area contributed by atoms with Crippen LogP contribution in [0.2, 0.25) is 0 Å². The summed E-state index contributed by atoms with van der Waals surface area (Å²) in [5, 5.41) is 8.61. The van der Waals surface area contributed by atoms with Crippen molar-refractivity contribution in [3.05, 3.63) is 24.0 Å². The van der Waals surface area contributed by atoms with Gasteiger partial charge in [-0.2, -0.15) is 4.72 Å². The molecule has 0 saturated heterocycles. The summed E-state index contributed by atoms with van der Waals surface area (Å²) in [6, 6.07) is 1.33. The average Bonchev–Trinajstić information content (AvgIpc) is 2.45. The standard InChI is InChI=1S/C12H14N2O5S/c1-19-12(16)9-14-20(17,18)11-6-10(7-13-8-11)4-2-3-5-15/h6-8,14-15H,3,5,9H2,1H3. The molecule has 0 radical (unpaired) electrons. The van der Waals surface area contributed by atoms with Crippen molar-refractivity contribution in [2.24, 2.45) is 0 Å². The second kappa shape index (κ2) is 7.59. The van der Waals surface area contributed by atoms with Crippen molar-refractivity contribution in [2.75, 3.05) is 20.3 Å². The number of pyridine rings is 1. The van der Waals surface area contributed by atoms with Gasteiger partial charge in [-0.25, -0.2) is 8.42 Å². The molecule has 0 aliphatic rings. The molecule has 0 spiro atoms. The molecule has 1 aromatic rings. The Bertz CT molecular complexity index is 631. The molecular weight excluding hydrogens is 284 g/mol. The van der Waals surface area contributed by atoms with Gasteiger partial charge in [0.15, 0.2) is 0 Å². The van der Waals surface area contributed by atoms with Gasteiger partial charge in [-0.3, -0.25) is 9.78 Å². The lowest BCUT2D eigenvalue weighted by atomic mass is 10.3. The molecule has 0 aliphatic heterocycles. The number of aliphatic hydroxyl groups excluding tert-OH is 1. The molecule has 8 heteroatoms. The summed E-state index contributed by atoms with van der Waals surface area (Å²) in [5.74, 6) is 4.64. The van der Waals surface area contributed by atoms with Crippen LogP contribution < -0.4 is 4.72 Å². The maximum Gasteiger partial charge on any atom is 0.320 e. The van der Waals surface area contributed by atoms with Crippen molar-refractivity contribution in [1.82, 2.24) is 9.71 Å². The summed E-state index contributed by atoms with van der Waals surface area (Å²) >= 11 is 0. The van der Waals surface area contributed by atoms with Gasteiger partial charge in [0, 0.05) is 24.4 Å². The molecule has 0 aliphatic carbocycles. The van der Waals surface area contributed by atoms with E-state index in [9.17, 15) is 13.2 Å². The monoisotopic (exact) mass is 298 g/mol. The van der Waals surface area contributed by atoms with Gasteiger partial charge in [0.05, 0.1) is 13.7 Å². The van der Waals surface area contributed by atoms with Crippen LogP contribution in [0.4, 0.5) is 0 Å². The number of hydrogen-bond donors (Lipinski definition) is 2. The van der Waals surface area contributed by atoms with Crippen molar-refractivity contribution in [2.45, 2.75) is 11.3 Å². The lowest BCUT2D eigenvalue weighted by molar-refractivity contribution is -0.139. The smallest absolute Gasteiger partial charge is 0.320 e. The minimum Gasteiger partial charge on any atom is -0.468 e. The lowest BCUT2D eigenvalue weighted by Crippen LogP contribution is -2.30. The molecule has 108 valence electrons. The van der Waals surface area contributed by atoms with E-state index in [4.69, 9.17) is 5.11 Å². The Balaban J connectivity index is 2.88. The molecule has 0 bridgehead atoms. The minimum absolute atomic E-state index is 0.0703. The van der Waals surface area contributed by atoms with E-state index in [0.29, 0.717) is 5.56 Å². The predicted octanol–water partition coefficient (Wildman–Crippen LogP) is -0.733. The largest absolute Gasteiger partial charge is 0.468 e. The normalized spacial score (nSPS) is 10.5. The molecule has 0 saturated carbocycles. The van der Waals surface area contributed by atoms with Crippen LogP contribution in [0.5, 0.6) is 0 Å². The second-order valence-corrected chi connectivity index (χ2v) is 5.35. The topological polar surface area (TPSA) is 106 Å². The number of methoxy groups -OCH3 is 1. The Hall–Kier alpha value is -1.95. The Morgan fingerprint density at radius 3 is 2.90 bits per heavy atom. The van der Waals surface area contributed by atoms with Gasteiger partial charge in [-0.05, 0) is 6.07 Å². The van der Waals surface area contributed by atoms with Crippen LogP contribution in [0.3, 0.4) is 0 Å². The maximum absolute atomic E-state index is 11.9. The zero-order valence-corrected chi connectivity index (χ0v) is 11.6. The molecule has 0 unspecified atom stereocenters.